The first kappa shape index (κ1) is 15.0. The summed E-state index contributed by atoms with van der Waals surface area (Å²) in [6, 6.07) is 6.61. The van der Waals surface area contributed by atoms with Gasteiger partial charge in [0.15, 0.2) is 0 Å². The fourth-order valence-corrected chi connectivity index (χ4v) is 3.04. The van der Waals surface area contributed by atoms with Gasteiger partial charge in [-0.15, -0.1) is 0 Å². The average Bonchev–Trinajstić information content (AvgIpc) is 2.89. The molecule has 5 heteroatoms. The van der Waals surface area contributed by atoms with Gasteiger partial charge in [-0.25, -0.2) is 0 Å². The Labute approximate surface area is 131 Å². The zero-order chi connectivity index (χ0) is 15.5. The van der Waals surface area contributed by atoms with Gasteiger partial charge in [0.25, 0.3) is 0 Å². The maximum absolute atomic E-state index is 12.1. The van der Waals surface area contributed by atoms with E-state index >= 15 is 0 Å². The number of aromatic nitrogens is 2. The van der Waals surface area contributed by atoms with Crippen LogP contribution in [0.15, 0.2) is 24.4 Å². The van der Waals surface area contributed by atoms with Crippen LogP contribution < -0.4 is 5.32 Å². The van der Waals surface area contributed by atoms with Gasteiger partial charge >= 0.3 is 0 Å². The molecule has 1 fully saturated rings. The van der Waals surface area contributed by atoms with E-state index < -0.39 is 0 Å². The first-order valence-corrected chi connectivity index (χ1v) is 8.02. The molecule has 1 aliphatic heterocycles. The van der Waals surface area contributed by atoms with Crippen LogP contribution >= 0.6 is 0 Å². The molecule has 1 aromatic heterocycles. The van der Waals surface area contributed by atoms with Crippen LogP contribution in [0.5, 0.6) is 0 Å². The molecule has 0 atom stereocenters. The van der Waals surface area contributed by atoms with Crippen molar-refractivity contribution in [2.45, 2.75) is 38.8 Å². The van der Waals surface area contributed by atoms with Gasteiger partial charge in [0.1, 0.15) is 0 Å². The van der Waals surface area contributed by atoms with Crippen LogP contribution in [0.3, 0.4) is 0 Å². The molecule has 1 N–H and O–H groups in total. The molecule has 1 aromatic carbocycles. The van der Waals surface area contributed by atoms with Crippen LogP contribution in [0.25, 0.3) is 10.9 Å². The monoisotopic (exact) mass is 300 g/mol. The normalized spacial score (nSPS) is 17.0. The Morgan fingerprint density at radius 3 is 2.91 bits per heavy atom. The topological polar surface area (TPSA) is 50.2 Å². The second kappa shape index (κ2) is 6.48. The van der Waals surface area contributed by atoms with E-state index in [2.05, 4.69) is 47.5 Å². The van der Waals surface area contributed by atoms with Crippen LogP contribution in [0.2, 0.25) is 0 Å². The second-order valence-electron chi connectivity index (χ2n) is 6.33. The number of hydrogen-bond acceptors (Lipinski definition) is 3. The van der Waals surface area contributed by atoms with Gasteiger partial charge < -0.3 is 10.2 Å². The summed E-state index contributed by atoms with van der Waals surface area (Å²) in [5.74, 6) is 0.130. The number of amides is 1. The quantitative estimate of drug-likeness (QED) is 0.939. The van der Waals surface area contributed by atoms with E-state index in [9.17, 15) is 4.79 Å². The summed E-state index contributed by atoms with van der Waals surface area (Å²) in [6.45, 7) is 4.83. The fourth-order valence-electron chi connectivity index (χ4n) is 3.04. The van der Waals surface area contributed by atoms with Crippen LogP contribution in [0.4, 0.5) is 0 Å². The molecule has 1 aliphatic rings. The van der Waals surface area contributed by atoms with Crippen molar-refractivity contribution < 1.29 is 4.79 Å². The zero-order valence-corrected chi connectivity index (χ0v) is 13.4. The second-order valence-corrected chi connectivity index (χ2v) is 6.33. The number of benzene rings is 1. The van der Waals surface area contributed by atoms with E-state index in [1.165, 1.54) is 5.56 Å². The lowest BCUT2D eigenvalue weighted by Gasteiger charge is -2.29. The largest absolute Gasteiger partial charge is 0.353 e. The molecule has 0 unspecified atom stereocenters. The lowest BCUT2D eigenvalue weighted by atomic mass is 10.1. The first-order chi connectivity index (χ1) is 10.6. The molecule has 1 amide bonds. The lowest BCUT2D eigenvalue weighted by Crippen LogP contribution is -2.43. The maximum Gasteiger partial charge on any atom is 0.222 e. The third kappa shape index (κ3) is 3.47. The lowest BCUT2D eigenvalue weighted by molar-refractivity contribution is -0.122. The van der Waals surface area contributed by atoms with Crippen LogP contribution in [-0.4, -0.2) is 46.8 Å². The number of aryl methyl sites for hydroxylation is 2. The number of rotatable bonds is 4. The number of hydrogen-bond donors (Lipinski definition) is 1. The SMILES string of the molecule is Cc1ccc2c(cnn2CCC(=O)NC2CCN(C)CC2)c1. The predicted molar refractivity (Wildman–Crippen MR) is 87.7 cm³/mol. The third-order valence-corrected chi connectivity index (χ3v) is 4.43. The standard InChI is InChI=1S/C17H24N4O/c1-13-3-4-16-14(11-13)12-18-21(16)10-7-17(22)19-15-5-8-20(2)9-6-15/h3-4,11-12,15H,5-10H2,1-2H3,(H,19,22). The Morgan fingerprint density at radius 2 is 2.14 bits per heavy atom. The summed E-state index contributed by atoms with van der Waals surface area (Å²) in [5, 5.41) is 8.68. The number of nitrogens with one attached hydrogen (secondary N) is 1. The number of carbonyl (C=O) groups excluding carboxylic acids is 1. The highest BCUT2D eigenvalue weighted by atomic mass is 16.1. The average molecular weight is 300 g/mol. The number of carbonyl (C=O) groups is 1. The van der Waals surface area contributed by atoms with Crippen molar-refractivity contribution in [1.29, 1.82) is 0 Å². The number of fused-ring (bicyclic) bond motifs is 1. The minimum atomic E-state index is 0.130. The third-order valence-electron chi connectivity index (χ3n) is 4.43. The highest BCUT2D eigenvalue weighted by Crippen LogP contribution is 2.15. The van der Waals surface area contributed by atoms with Gasteiger partial charge in [0.05, 0.1) is 18.3 Å². The fraction of sp³-hybridized carbons (Fsp3) is 0.529. The maximum atomic E-state index is 12.1. The Balaban J connectivity index is 1.54. The molecule has 2 heterocycles. The summed E-state index contributed by atoms with van der Waals surface area (Å²) < 4.78 is 1.92. The van der Waals surface area contributed by atoms with Gasteiger partial charge in [-0.2, -0.15) is 5.10 Å². The molecular weight excluding hydrogens is 276 g/mol. The molecule has 0 aliphatic carbocycles. The summed E-state index contributed by atoms with van der Waals surface area (Å²) in [6.07, 6.45) is 4.45. The van der Waals surface area contributed by atoms with Gasteiger partial charge in [0, 0.05) is 17.8 Å². The van der Waals surface area contributed by atoms with Crippen molar-refractivity contribution >= 4 is 16.8 Å². The summed E-state index contributed by atoms with van der Waals surface area (Å²) >= 11 is 0. The van der Waals surface area contributed by atoms with Gasteiger partial charge in [-0.1, -0.05) is 11.6 Å². The molecule has 2 aromatic rings. The highest BCUT2D eigenvalue weighted by molar-refractivity contribution is 5.80. The van der Waals surface area contributed by atoms with Crippen molar-refractivity contribution in [1.82, 2.24) is 20.0 Å². The van der Waals surface area contributed by atoms with Crippen LogP contribution in [0.1, 0.15) is 24.8 Å². The van der Waals surface area contributed by atoms with Crippen molar-refractivity contribution in [3.63, 3.8) is 0 Å². The summed E-state index contributed by atoms with van der Waals surface area (Å²) in [7, 11) is 2.13. The van der Waals surface area contributed by atoms with Gasteiger partial charge in [-0.05, 0) is 52.0 Å². The first-order valence-electron chi connectivity index (χ1n) is 8.02. The van der Waals surface area contributed by atoms with E-state index in [0.29, 0.717) is 19.0 Å². The number of likely N-dealkylation sites (tertiary alicyclic amines) is 1. The zero-order valence-electron chi connectivity index (χ0n) is 13.4. The molecule has 5 nitrogen and oxygen atoms in total. The Bertz CT molecular complexity index is 656. The van der Waals surface area contributed by atoms with E-state index in [1.807, 2.05) is 10.9 Å². The Hall–Kier alpha value is -1.88. The van der Waals surface area contributed by atoms with E-state index in [4.69, 9.17) is 0 Å². The van der Waals surface area contributed by atoms with E-state index in [0.717, 1.165) is 36.8 Å². The summed E-state index contributed by atoms with van der Waals surface area (Å²) in [5.41, 5.74) is 2.32. The van der Waals surface area contributed by atoms with Crippen molar-refractivity contribution in [2.75, 3.05) is 20.1 Å². The molecule has 0 spiro atoms. The molecule has 3 rings (SSSR count). The minimum Gasteiger partial charge on any atom is -0.353 e. The summed E-state index contributed by atoms with van der Waals surface area (Å²) in [4.78, 5) is 14.4. The van der Waals surface area contributed by atoms with Crippen molar-refractivity contribution in [3.05, 3.63) is 30.0 Å². The number of piperidine rings is 1. The van der Waals surface area contributed by atoms with E-state index in [-0.39, 0.29) is 5.91 Å². The number of nitrogens with zero attached hydrogens (tertiary/aromatic N) is 3. The van der Waals surface area contributed by atoms with Crippen LogP contribution in [0, 0.1) is 6.92 Å². The Kier molecular flexibility index (Phi) is 4.43. The molecule has 118 valence electrons. The molecule has 0 bridgehead atoms. The Morgan fingerprint density at radius 1 is 1.36 bits per heavy atom. The molecule has 22 heavy (non-hydrogen) atoms. The molecule has 1 saturated heterocycles. The minimum absolute atomic E-state index is 0.130. The molecular formula is C17H24N4O. The predicted octanol–water partition coefficient (Wildman–Crippen LogP) is 1.95. The highest BCUT2D eigenvalue weighted by Gasteiger charge is 2.18. The van der Waals surface area contributed by atoms with Crippen molar-refractivity contribution in [3.8, 4) is 0 Å². The van der Waals surface area contributed by atoms with Gasteiger partial charge in [-0.3, -0.25) is 9.48 Å². The molecule has 0 radical (unpaired) electrons. The van der Waals surface area contributed by atoms with E-state index in [1.54, 1.807) is 0 Å². The van der Waals surface area contributed by atoms with Gasteiger partial charge in [0.2, 0.25) is 5.91 Å². The molecule has 0 saturated carbocycles. The van der Waals surface area contributed by atoms with Crippen LogP contribution in [-0.2, 0) is 11.3 Å². The smallest absolute Gasteiger partial charge is 0.222 e. The van der Waals surface area contributed by atoms with Crippen molar-refractivity contribution in [2.24, 2.45) is 0 Å².